The number of alkyl halides is 1. The summed E-state index contributed by atoms with van der Waals surface area (Å²) in [4.78, 5) is 42.0. The van der Waals surface area contributed by atoms with E-state index < -0.39 is 34.1 Å². The molecule has 6 atom stereocenters. The van der Waals surface area contributed by atoms with Gasteiger partial charge in [0, 0.05) is 28.7 Å². The van der Waals surface area contributed by atoms with Crippen molar-refractivity contribution in [3.8, 4) is 0 Å². The van der Waals surface area contributed by atoms with Gasteiger partial charge in [-0.25, -0.2) is 0 Å². The van der Waals surface area contributed by atoms with Crippen LogP contribution in [0.5, 0.6) is 0 Å². The third-order valence-electron chi connectivity index (χ3n) is 6.04. The van der Waals surface area contributed by atoms with Crippen LogP contribution in [0.25, 0.3) is 0 Å². The van der Waals surface area contributed by atoms with Crippen LogP contribution >= 0.6 is 27.7 Å². The minimum atomic E-state index is -1.00. The highest BCUT2D eigenvalue weighted by molar-refractivity contribution is 9.09. The van der Waals surface area contributed by atoms with E-state index in [0.717, 1.165) is 0 Å². The van der Waals surface area contributed by atoms with E-state index in [9.17, 15) is 24.6 Å². The van der Waals surface area contributed by atoms with Crippen molar-refractivity contribution in [2.75, 3.05) is 19.7 Å². The molecule has 0 aromatic carbocycles. The average molecular weight is 475 g/mol. The Kier molecular flexibility index (Phi) is 5.66. The highest BCUT2D eigenvalue weighted by atomic mass is 79.9. The number of likely N-dealkylation sites (tertiary alicyclic amines) is 1. The lowest BCUT2D eigenvalue weighted by atomic mass is 9.71. The number of fused-ring (bicyclic) bond motifs is 1. The van der Waals surface area contributed by atoms with Crippen LogP contribution in [0.4, 0.5) is 0 Å². The number of carboxylic acid groups (broad SMARTS) is 1. The van der Waals surface area contributed by atoms with Gasteiger partial charge in [-0.1, -0.05) is 22.0 Å². The standard InChI is InChI=1S/C19H27BrN2O5S/c1-5-6-22(18(2,3)4)16(25)14-19-9-10(20)13(28-19)11(17(26)27)12(19)15(24)21(14)7-8-23/h5,10-14,23H,1,6-9H2,2-4H3,(H,26,27)/t10?,11-,12+,13-,14?,19?/m1/s1. The predicted octanol–water partition coefficient (Wildman–Crippen LogP) is 1.34. The number of carbonyl (C=O) groups is 3. The number of halogens is 1. The van der Waals surface area contributed by atoms with Crippen LogP contribution in [-0.2, 0) is 14.4 Å². The summed E-state index contributed by atoms with van der Waals surface area (Å²) < 4.78 is -0.796. The quantitative estimate of drug-likeness (QED) is 0.445. The molecule has 0 aliphatic carbocycles. The molecule has 3 rings (SSSR count). The van der Waals surface area contributed by atoms with E-state index in [1.54, 1.807) is 11.0 Å². The molecule has 3 fully saturated rings. The van der Waals surface area contributed by atoms with Crippen LogP contribution in [0.15, 0.2) is 12.7 Å². The molecule has 3 aliphatic heterocycles. The maximum Gasteiger partial charge on any atom is 0.308 e. The summed E-state index contributed by atoms with van der Waals surface area (Å²) >= 11 is 5.06. The fraction of sp³-hybridized carbons (Fsp3) is 0.737. The molecule has 2 N–H and O–H groups in total. The summed E-state index contributed by atoms with van der Waals surface area (Å²) in [7, 11) is 0. The summed E-state index contributed by atoms with van der Waals surface area (Å²) in [6.45, 7) is 9.58. The second-order valence-corrected chi connectivity index (χ2v) is 11.4. The number of aliphatic carboxylic acids is 1. The first-order valence-electron chi connectivity index (χ1n) is 9.39. The molecule has 7 nitrogen and oxygen atoms in total. The number of nitrogens with zero attached hydrogens (tertiary/aromatic N) is 2. The number of thioether (sulfide) groups is 1. The van der Waals surface area contributed by atoms with Gasteiger partial charge in [0.1, 0.15) is 6.04 Å². The summed E-state index contributed by atoms with van der Waals surface area (Å²) in [5.41, 5.74) is -0.491. The van der Waals surface area contributed by atoms with Crippen LogP contribution in [0.2, 0.25) is 0 Å². The zero-order valence-electron chi connectivity index (χ0n) is 16.3. The van der Waals surface area contributed by atoms with Gasteiger partial charge in [-0.2, -0.15) is 0 Å². The fourth-order valence-corrected chi connectivity index (χ4v) is 8.61. The highest BCUT2D eigenvalue weighted by Gasteiger charge is 2.76. The maximum absolute atomic E-state index is 13.7. The van der Waals surface area contributed by atoms with E-state index in [2.05, 4.69) is 22.5 Å². The number of amides is 2. The van der Waals surface area contributed by atoms with Gasteiger partial charge in [-0.3, -0.25) is 14.4 Å². The van der Waals surface area contributed by atoms with Crippen molar-refractivity contribution in [1.29, 1.82) is 0 Å². The molecule has 0 aromatic rings. The van der Waals surface area contributed by atoms with Crippen molar-refractivity contribution in [2.24, 2.45) is 11.8 Å². The molecule has 28 heavy (non-hydrogen) atoms. The minimum absolute atomic E-state index is 0.0179. The van der Waals surface area contributed by atoms with Gasteiger partial charge in [0.25, 0.3) is 0 Å². The van der Waals surface area contributed by atoms with E-state index in [4.69, 9.17) is 0 Å². The molecule has 156 valence electrons. The predicted molar refractivity (Wildman–Crippen MR) is 110 cm³/mol. The van der Waals surface area contributed by atoms with E-state index in [-0.39, 0.29) is 35.0 Å². The largest absolute Gasteiger partial charge is 0.481 e. The summed E-state index contributed by atoms with van der Waals surface area (Å²) in [5, 5.41) is 19.1. The van der Waals surface area contributed by atoms with Crippen LogP contribution in [0.3, 0.4) is 0 Å². The number of aliphatic hydroxyl groups is 1. The fourth-order valence-electron chi connectivity index (χ4n) is 5.01. The van der Waals surface area contributed by atoms with Gasteiger partial charge >= 0.3 is 5.97 Å². The van der Waals surface area contributed by atoms with Crippen molar-refractivity contribution in [3.63, 3.8) is 0 Å². The first-order valence-corrected chi connectivity index (χ1v) is 11.2. The van der Waals surface area contributed by atoms with E-state index >= 15 is 0 Å². The van der Waals surface area contributed by atoms with Crippen molar-refractivity contribution < 1.29 is 24.6 Å². The number of hydrogen-bond donors (Lipinski definition) is 2. The Morgan fingerprint density at radius 2 is 2.11 bits per heavy atom. The highest BCUT2D eigenvalue weighted by Crippen LogP contribution is 2.67. The van der Waals surface area contributed by atoms with Gasteiger partial charge in [-0.05, 0) is 27.2 Å². The van der Waals surface area contributed by atoms with Gasteiger partial charge < -0.3 is 20.0 Å². The SMILES string of the molecule is C=CCN(C(=O)C1N(CCO)C(=O)[C@@H]2[C@@H](C(=O)O)[C@@H]3SC12CC3Br)C(C)(C)C. The number of aliphatic hydroxyl groups excluding tert-OH is 1. The van der Waals surface area contributed by atoms with Crippen molar-refractivity contribution >= 4 is 45.5 Å². The molecule has 3 unspecified atom stereocenters. The van der Waals surface area contributed by atoms with Crippen LogP contribution < -0.4 is 0 Å². The zero-order valence-corrected chi connectivity index (χ0v) is 18.7. The maximum atomic E-state index is 13.7. The van der Waals surface area contributed by atoms with Gasteiger partial charge in [-0.15, -0.1) is 18.3 Å². The van der Waals surface area contributed by atoms with Crippen molar-refractivity contribution in [1.82, 2.24) is 9.80 Å². The van der Waals surface area contributed by atoms with Crippen LogP contribution in [0.1, 0.15) is 27.2 Å². The molecule has 3 saturated heterocycles. The normalized spacial score (nSPS) is 36.5. The third-order valence-corrected chi connectivity index (χ3v) is 9.26. The summed E-state index contributed by atoms with van der Waals surface area (Å²) in [6.07, 6.45) is 2.20. The zero-order chi connectivity index (χ0) is 21.0. The number of β-amino-alcohol motifs (C(OH)–C–C–N with tert-alkyl or cyclic N) is 1. The number of hydrogen-bond acceptors (Lipinski definition) is 5. The number of carboxylic acids is 1. The summed E-state index contributed by atoms with van der Waals surface area (Å²) in [6, 6.07) is -0.796. The van der Waals surface area contributed by atoms with E-state index in [1.807, 2.05) is 20.8 Å². The molecule has 2 bridgehead atoms. The first-order chi connectivity index (χ1) is 13.0. The molecule has 3 aliphatic rings. The Morgan fingerprint density at radius 1 is 1.46 bits per heavy atom. The Hall–Kier alpha value is -1.06. The molecule has 1 spiro atoms. The Balaban J connectivity index is 2.10. The number of rotatable bonds is 6. The molecule has 0 aromatic heterocycles. The monoisotopic (exact) mass is 474 g/mol. The molecular weight excluding hydrogens is 448 g/mol. The van der Waals surface area contributed by atoms with Gasteiger partial charge in [0.2, 0.25) is 11.8 Å². The Labute approximate surface area is 177 Å². The average Bonchev–Trinajstić information content (AvgIpc) is 3.16. The minimum Gasteiger partial charge on any atom is -0.481 e. The number of carbonyl (C=O) groups excluding carboxylic acids is 2. The lowest BCUT2D eigenvalue weighted by Crippen LogP contribution is -2.59. The van der Waals surface area contributed by atoms with Crippen molar-refractivity contribution in [2.45, 2.75) is 53.6 Å². The Bertz CT molecular complexity index is 711. The van der Waals surface area contributed by atoms with Gasteiger partial charge in [0.15, 0.2) is 0 Å². The van der Waals surface area contributed by atoms with E-state index in [1.165, 1.54) is 16.7 Å². The van der Waals surface area contributed by atoms with E-state index in [0.29, 0.717) is 13.0 Å². The van der Waals surface area contributed by atoms with Crippen molar-refractivity contribution in [3.05, 3.63) is 12.7 Å². The smallest absolute Gasteiger partial charge is 0.308 e. The molecule has 9 heteroatoms. The molecule has 0 saturated carbocycles. The first kappa shape index (κ1) is 21.6. The lowest BCUT2D eigenvalue weighted by Gasteiger charge is -2.42. The third kappa shape index (κ3) is 3.01. The lowest BCUT2D eigenvalue weighted by molar-refractivity contribution is -0.148. The van der Waals surface area contributed by atoms with Gasteiger partial charge in [0.05, 0.1) is 23.2 Å². The second-order valence-electron chi connectivity index (χ2n) is 8.67. The molecular formula is C19H27BrN2O5S. The summed E-state index contributed by atoms with van der Waals surface area (Å²) in [5.74, 6) is -3.13. The second kappa shape index (κ2) is 7.32. The molecule has 3 heterocycles. The van der Waals surface area contributed by atoms with Crippen LogP contribution in [0, 0.1) is 11.8 Å². The molecule has 2 amide bonds. The molecule has 0 radical (unpaired) electrons. The topological polar surface area (TPSA) is 98.2 Å². The Morgan fingerprint density at radius 3 is 2.61 bits per heavy atom. The van der Waals surface area contributed by atoms with Crippen LogP contribution in [-0.4, -0.2) is 83.9 Å².